The molecular weight excluding hydrogens is 200 g/mol. The van der Waals surface area contributed by atoms with Gasteiger partial charge in [0.1, 0.15) is 0 Å². The number of carbonyl (C=O) groups excluding carboxylic acids is 1. The molecule has 5 heteroatoms. The standard InChI is InChI=1S/C9H8N2O2S/c1-13-9(12)8-10-5-7(6-11-8)3-2-4-14/h5-6,14H,4H2,1H3. The molecule has 0 atom stereocenters. The lowest BCUT2D eigenvalue weighted by molar-refractivity contribution is 0.0586. The zero-order valence-electron chi connectivity index (χ0n) is 7.52. The molecule has 0 bridgehead atoms. The first-order valence-electron chi connectivity index (χ1n) is 3.78. The van der Waals surface area contributed by atoms with E-state index in [9.17, 15) is 4.79 Å². The molecule has 0 aliphatic heterocycles. The summed E-state index contributed by atoms with van der Waals surface area (Å²) < 4.78 is 4.45. The van der Waals surface area contributed by atoms with Gasteiger partial charge in [-0.1, -0.05) is 11.8 Å². The first kappa shape index (κ1) is 10.5. The van der Waals surface area contributed by atoms with Crippen molar-refractivity contribution in [1.82, 2.24) is 9.97 Å². The van der Waals surface area contributed by atoms with Crippen LogP contribution in [0.15, 0.2) is 12.4 Å². The summed E-state index contributed by atoms with van der Waals surface area (Å²) in [5.41, 5.74) is 0.645. The van der Waals surface area contributed by atoms with Gasteiger partial charge < -0.3 is 4.74 Å². The van der Waals surface area contributed by atoms with Gasteiger partial charge in [0.15, 0.2) is 0 Å². The van der Waals surface area contributed by atoms with Crippen molar-refractivity contribution >= 4 is 18.6 Å². The number of hydrogen-bond acceptors (Lipinski definition) is 5. The second-order valence-corrected chi connectivity index (χ2v) is 2.56. The van der Waals surface area contributed by atoms with Gasteiger partial charge in [-0.15, -0.1) is 0 Å². The smallest absolute Gasteiger partial charge is 0.376 e. The Hall–Kier alpha value is -1.54. The van der Waals surface area contributed by atoms with Crippen LogP contribution < -0.4 is 0 Å². The van der Waals surface area contributed by atoms with Gasteiger partial charge >= 0.3 is 5.97 Å². The molecule has 1 heterocycles. The number of nitrogens with zero attached hydrogens (tertiary/aromatic N) is 2. The Kier molecular flexibility index (Phi) is 3.95. The van der Waals surface area contributed by atoms with Crippen LogP contribution in [0, 0.1) is 11.8 Å². The summed E-state index contributed by atoms with van der Waals surface area (Å²) in [6.07, 6.45) is 2.94. The van der Waals surface area contributed by atoms with E-state index >= 15 is 0 Å². The van der Waals surface area contributed by atoms with Gasteiger partial charge in [0.05, 0.1) is 18.4 Å². The molecule has 72 valence electrons. The van der Waals surface area contributed by atoms with E-state index in [0.717, 1.165) is 0 Å². The van der Waals surface area contributed by atoms with Crippen molar-refractivity contribution in [3.8, 4) is 11.8 Å². The van der Waals surface area contributed by atoms with Crippen LogP contribution in [-0.2, 0) is 4.74 Å². The zero-order valence-corrected chi connectivity index (χ0v) is 8.41. The van der Waals surface area contributed by atoms with Crippen LogP contribution in [-0.4, -0.2) is 28.8 Å². The molecule has 0 spiro atoms. The monoisotopic (exact) mass is 208 g/mol. The van der Waals surface area contributed by atoms with Crippen molar-refractivity contribution in [1.29, 1.82) is 0 Å². The highest BCUT2D eigenvalue weighted by Crippen LogP contribution is 1.95. The number of methoxy groups -OCH3 is 1. The van der Waals surface area contributed by atoms with Crippen LogP contribution in [0.2, 0.25) is 0 Å². The highest BCUT2D eigenvalue weighted by atomic mass is 32.1. The Balaban J connectivity index is 2.83. The summed E-state index contributed by atoms with van der Waals surface area (Å²) in [5.74, 6) is 5.47. The Labute approximate surface area is 87.1 Å². The molecule has 0 aliphatic rings. The van der Waals surface area contributed by atoms with Crippen molar-refractivity contribution in [2.75, 3.05) is 12.9 Å². The lowest BCUT2D eigenvalue weighted by atomic mass is 10.3. The van der Waals surface area contributed by atoms with Crippen molar-refractivity contribution < 1.29 is 9.53 Å². The van der Waals surface area contributed by atoms with Crippen LogP contribution in [0.1, 0.15) is 16.2 Å². The molecule has 1 rings (SSSR count). The summed E-state index contributed by atoms with van der Waals surface area (Å²) in [6, 6.07) is 0. The Bertz CT molecular complexity index is 378. The molecule has 1 aromatic heterocycles. The van der Waals surface area contributed by atoms with E-state index < -0.39 is 5.97 Å². The molecule has 14 heavy (non-hydrogen) atoms. The second kappa shape index (κ2) is 5.25. The minimum Gasteiger partial charge on any atom is -0.463 e. The van der Waals surface area contributed by atoms with E-state index in [4.69, 9.17) is 0 Å². The van der Waals surface area contributed by atoms with Gasteiger partial charge in [-0.3, -0.25) is 0 Å². The Morgan fingerprint density at radius 1 is 1.57 bits per heavy atom. The molecule has 0 unspecified atom stereocenters. The van der Waals surface area contributed by atoms with E-state index in [2.05, 4.69) is 39.2 Å². The third-order valence-corrected chi connectivity index (χ3v) is 1.49. The molecule has 1 aromatic rings. The van der Waals surface area contributed by atoms with Gasteiger partial charge in [-0.25, -0.2) is 14.8 Å². The molecule has 0 aromatic carbocycles. The number of hydrogen-bond donors (Lipinski definition) is 1. The van der Waals surface area contributed by atoms with Gasteiger partial charge in [0, 0.05) is 12.4 Å². The summed E-state index contributed by atoms with van der Waals surface area (Å²) in [7, 11) is 1.28. The largest absolute Gasteiger partial charge is 0.463 e. The maximum Gasteiger partial charge on any atom is 0.376 e. The molecular formula is C9H8N2O2S. The first-order valence-corrected chi connectivity index (χ1v) is 4.41. The number of carbonyl (C=O) groups is 1. The predicted molar refractivity (Wildman–Crippen MR) is 54.1 cm³/mol. The van der Waals surface area contributed by atoms with E-state index in [0.29, 0.717) is 11.3 Å². The fourth-order valence-corrected chi connectivity index (χ4v) is 0.810. The number of ether oxygens (including phenoxy) is 1. The zero-order chi connectivity index (χ0) is 10.4. The van der Waals surface area contributed by atoms with E-state index in [1.54, 1.807) is 0 Å². The minimum atomic E-state index is -0.557. The quantitative estimate of drug-likeness (QED) is 0.416. The molecule has 0 amide bonds. The maximum atomic E-state index is 10.9. The SMILES string of the molecule is COC(=O)c1ncc(C#CCS)cn1. The van der Waals surface area contributed by atoms with Gasteiger partial charge in [-0.05, 0) is 0 Å². The lowest BCUT2D eigenvalue weighted by Crippen LogP contribution is -2.06. The Morgan fingerprint density at radius 3 is 2.71 bits per heavy atom. The van der Waals surface area contributed by atoms with Crippen molar-refractivity contribution in [3.05, 3.63) is 23.8 Å². The van der Waals surface area contributed by atoms with Crippen LogP contribution in [0.3, 0.4) is 0 Å². The molecule has 0 fully saturated rings. The summed E-state index contributed by atoms with van der Waals surface area (Å²) in [5, 5.41) is 0. The van der Waals surface area contributed by atoms with Gasteiger partial charge in [-0.2, -0.15) is 12.6 Å². The predicted octanol–water partition coefficient (Wildman–Crippen LogP) is 0.544. The fraction of sp³-hybridized carbons (Fsp3) is 0.222. The van der Waals surface area contributed by atoms with E-state index in [1.165, 1.54) is 19.5 Å². The van der Waals surface area contributed by atoms with Gasteiger partial charge in [0.2, 0.25) is 5.82 Å². The van der Waals surface area contributed by atoms with E-state index in [-0.39, 0.29) is 5.82 Å². The van der Waals surface area contributed by atoms with Crippen LogP contribution >= 0.6 is 12.6 Å². The van der Waals surface area contributed by atoms with Crippen molar-refractivity contribution in [3.63, 3.8) is 0 Å². The van der Waals surface area contributed by atoms with Crippen LogP contribution in [0.5, 0.6) is 0 Å². The average molecular weight is 208 g/mol. The number of rotatable bonds is 1. The number of esters is 1. The van der Waals surface area contributed by atoms with Gasteiger partial charge in [0.25, 0.3) is 0 Å². The highest BCUT2D eigenvalue weighted by Gasteiger charge is 2.07. The fourth-order valence-electron chi connectivity index (χ4n) is 0.731. The normalized spacial score (nSPS) is 8.71. The van der Waals surface area contributed by atoms with Crippen LogP contribution in [0.4, 0.5) is 0 Å². The minimum absolute atomic E-state index is 0.0314. The molecule has 0 saturated carbocycles. The summed E-state index contributed by atoms with van der Waals surface area (Å²) in [6.45, 7) is 0. The molecule has 0 saturated heterocycles. The number of thiol groups is 1. The van der Waals surface area contributed by atoms with Crippen LogP contribution in [0.25, 0.3) is 0 Å². The maximum absolute atomic E-state index is 10.9. The lowest BCUT2D eigenvalue weighted by Gasteiger charge is -1.95. The third-order valence-electron chi connectivity index (χ3n) is 1.33. The molecule has 4 nitrogen and oxygen atoms in total. The average Bonchev–Trinajstić information content (AvgIpc) is 2.26. The van der Waals surface area contributed by atoms with Crippen molar-refractivity contribution in [2.24, 2.45) is 0 Å². The number of aromatic nitrogens is 2. The third kappa shape index (κ3) is 2.75. The molecule has 0 N–H and O–H groups in total. The summed E-state index contributed by atoms with van der Waals surface area (Å²) >= 11 is 3.93. The second-order valence-electron chi connectivity index (χ2n) is 2.25. The summed E-state index contributed by atoms with van der Waals surface area (Å²) in [4.78, 5) is 18.5. The molecule has 0 aliphatic carbocycles. The highest BCUT2D eigenvalue weighted by molar-refractivity contribution is 7.80. The van der Waals surface area contributed by atoms with Crippen molar-refractivity contribution in [2.45, 2.75) is 0 Å². The Morgan fingerprint density at radius 2 is 2.21 bits per heavy atom. The van der Waals surface area contributed by atoms with E-state index in [1.807, 2.05) is 0 Å². The first-order chi connectivity index (χ1) is 6.77. The topological polar surface area (TPSA) is 52.1 Å². The molecule has 0 radical (unpaired) electrons.